The summed E-state index contributed by atoms with van der Waals surface area (Å²) in [6.07, 6.45) is 3.17. The fraction of sp³-hybridized carbons (Fsp3) is 0.450. The van der Waals surface area contributed by atoms with Gasteiger partial charge in [-0.2, -0.15) is 0 Å². The van der Waals surface area contributed by atoms with Crippen LogP contribution in [0.2, 0.25) is 0 Å². The van der Waals surface area contributed by atoms with Gasteiger partial charge in [-0.1, -0.05) is 18.2 Å². The lowest BCUT2D eigenvalue weighted by Crippen LogP contribution is -2.28. The van der Waals surface area contributed by atoms with Crippen LogP contribution in [-0.4, -0.2) is 41.9 Å². The molecular formula is C20H27N3O. The summed E-state index contributed by atoms with van der Waals surface area (Å²) in [4.78, 5) is 16.4. The van der Waals surface area contributed by atoms with E-state index in [9.17, 15) is 4.79 Å². The highest BCUT2D eigenvalue weighted by Gasteiger charge is 2.24. The Kier molecular flexibility index (Phi) is 5.05. The predicted octanol–water partition coefficient (Wildman–Crippen LogP) is 3.19. The second-order valence-corrected chi connectivity index (χ2v) is 7.02. The third kappa shape index (κ3) is 3.88. The number of hydrogen-bond donors (Lipinski definition) is 0. The van der Waals surface area contributed by atoms with Crippen molar-refractivity contribution in [3.8, 4) is 0 Å². The van der Waals surface area contributed by atoms with Crippen LogP contribution >= 0.6 is 0 Å². The number of hydrogen-bond acceptors (Lipinski definition) is 3. The lowest BCUT2D eigenvalue weighted by Gasteiger charge is -2.22. The van der Waals surface area contributed by atoms with Crippen LogP contribution in [0.25, 0.3) is 0 Å². The van der Waals surface area contributed by atoms with E-state index in [4.69, 9.17) is 0 Å². The first-order valence-corrected chi connectivity index (χ1v) is 8.67. The summed E-state index contributed by atoms with van der Waals surface area (Å²) in [6.45, 7) is 5.86. The minimum Gasteiger partial charge on any atom is -0.371 e. The van der Waals surface area contributed by atoms with Crippen molar-refractivity contribution in [1.29, 1.82) is 0 Å². The number of ketones is 1. The number of aromatic nitrogens is 1. The van der Waals surface area contributed by atoms with Crippen molar-refractivity contribution in [2.45, 2.75) is 19.9 Å². The maximum atomic E-state index is 11.5. The Morgan fingerprint density at radius 3 is 2.71 bits per heavy atom. The zero-order valence-electron chi connectivity index (χ0n) is 14.9. The molecule has 1 aromatic heterocycles. The fourth-order valence-electron chi connectivity index (χ4n) is 3.60. The lowest BCUT2D eigenvalue weighted by atomic mass is 10.1. The molecule has 2 heterocycles. The zero-order chi connectivity index (χ0) is 17.1. The van der Waals surface area contributed by atoms with Gasteiger partial charge in [0.2, 0.25) is 0 Å². The molecule has 0 bridgehead atoms. The second-order valence-electron chi connectivity index (χ2n) is 7.02. The largest absolute Gasteiger partial charge is 0.371 e. The van der Waals surface area contributed by atoms with Gasteiger partial charge in [-0.15, -0.1) is 0 Å². The van der Waals surface area contributed by atoms with E-state index in [1.807, 2.05) is 19.3 Å². The lowest BCUT2D eigenvalue weighted by molar-refractivity contribution is 0.101. The molecule has 2 aromatic rings. The first-order chi connectivity index (χ1) is 11.5. The van der Waals surface area contributed by atoms with E-state index in [0.717, 1.165) is 31.7 Å². The molecule has 1 saturated heterocycles. The number of rotatable bonds is 6. The van der Waals surface area contributed by atoms with Gasteiger partial charge in [0.25, 0.3) is 0 Å². The highest BCUT2D eigenvalue weighted by molar-refractivity contribution is 5.94. The molecule has 4 heteroatoms. The number of nitrogens with zero attached hydrogens (tertiary/aromatic N) is 3. The van der Waals surface area contributed by atoms with Crippen LogP contribution in [0, 0.1) is 5.92 Å². The molecule has 0 spiro atoms. The number of Topliss-reactive ketones (excluding diaryl/α,β-unsaturated/α-hetero) is 1. The first-order valence-electron chi connectivity index (χ1n) is 8.67. The van der Waals surface area contributed by atoms with Crippen LogP contribution in [0.3, 0.4) is 0 Å². The molecule has 1 aromatic carbocycles. The number of aryl methyl sites for hydroxylation is 1. The van der Waals surface area contributed by atoms with Crippen LogP contribution in [-0.2, 0) is 13.6 Å². The van der Waals surface area contributed by atoms with Gasteiger partial charge >= 0.3 is 0 Å². The maximum absolute atomic E-state index is 11.5. The van der Waals surface area contributed by atoms with Crippen LogP contribution < -0.4 is 4.90 Å². The van der Waals surface area contributed by atoms with E-state index in [0.29, 0.717) is 5.92 Å². The SMILES string of the molecule is CC(=O)c1cc(CN(C)C[C@H]2CCN(c3ccccc3)C2)n(C)c1. The third-order valence-electron chi connectivity index (χ3n) is 4.92. The predicted molar refractivity (Wildman–Crippen MR) is 98.5 cm³/mol. The Morgan fingerprint density at radius 1 is 1.29 bits per heavy atom. The van der Waals surface area contributed by atoms with E-state index in [1.165, 1.54) is 17.8 Å². The van der Waals surface area contributed by atoms with Gasteiger partial charge in [0, 0.05) is 56.4 Å². The maximum Gasteiger partial charge on any atom is 0.161 e. The van der Waals surface area contributed by atoms with Crippen LogP contribution in [0.1, 0.15) is 29.4 Å². The quantitative estimate of drug-likeness (QED) is 0.764. The number of carbonyl (C=O) groups excluding carboxylic acids is 1. The normalized spacial score (nSPS) is 17.7. The molecule has 1 atom stereocenters. The van der Waals surface area contributed by atoms with Gasteiger partial charge in [0.05, 0.1) is 0 Å². The van der Waals surface area contributed by atoms with Crippen molar-refractivity contribution in [1.82, 2.24) is 9.47 Å². The van der Waals surface area contributed by atoms with Crippen LogP contribution in [0.4, 0.5) is 5.69 Å². The van der Waals surface area contributed by atoms with E-state index in [-0.39, 0.29) is 5.78 Å². The minimum atomic E-state index is 0.133. The number of carbonyl (C=O) groups is 1. The van der Waals surface area contributed by atoms with E-state index in [1.54, 1.807) is 6.92 Å². The van der Waals surface area contributed by atoms with Gasteiger partial charge in [-0.05, 0) is 44.5 Å². The Morgan fingerprint density at radius 2 is 2.04 bits per heavy atom. The summed E-state index contributed by atoms with van der Waals surface area (Å²) in [5.41, 5.74) is 3.33. The highest BCUT2D eigenvalue weighted by atomic mass is 16.1. The Bertz CT molecular complexity index is 692. The second kappa shape index (κ2) is 7.22. The molecule has 0 saturated carbocycles. The molecule has 4 nitrogen and oxygen atoms in total. The fourth-order valence-corrected chi connectivity index (χ4v) is 3.60. The summed E-state index contributed by atoms with van der Waals surface area (Å²) < 4.78 is 2.07. The van der Waals surface area contributed by atoms with Gasteiger partial charge in [0.15, 0.2) is 5.78 Å². The van der Waals surface area contributed by atoms with Gasteiger partial charge in [0.1, 0.15) is 0 Å². The molecule has 0 radical (unpaired) electrons. The Labute approximate surface area is 144 Å². The molecule has 24 heavy (non-hydrogen) atoms. The van der Waals surface area contributed by atoms with Crippen molar-refractivity contribution >= 4 is 11.5 Å². The number of anilines is 1. The van der Waals surface area contributed by atoms with Gasteiger partial charge in [-0.25, -0.2) is 0 Å². The Balaban J connectivity index is 1.54. The summed E-state index contributed by atoms with van der Waals surface area (Å²) in [6, 6.07) is 12.7. The molecule has 1 aliphatic rings. The standard InChI is InChI=1S/C20H27N3O/c1-16(24)18-11-20(22(3)14-18)15-21(2)12-17-9-10-23(13-17)19-7-5-4-6-8-19/h4-8,11,14,17H,9-10,12-13,15H2,1-3H3/t17-/m1/s1. The minimum absolute atomic E-state index is 0.133. The van der Waals surface area contributed by atoms with Crippen molar-refractivity contribution in [2.75, 3.05) is 31.6 Å². The monoisotopic (exact) mass is 325 g/mol. The molecule has 128 valence electrons. The smallest absolute Gasteiger partial charge is 0.161 e. The Hall–Kier alpha value is -2.07. The van der Waals surface area contributed by atoms with E-state index in [2.05, 4.69) is 51.7 Å². The van der Waals surface area contributed by atoms with Gasteiger partial charge in [-0.3, -0.25) is 4.79 Å². The molecule has 0 aliphatic carbocycles. The first kappa shape index (κ1) is 16.8. The molecule has 1 aliphatic heterocycles. The topological polar surface area (TPSA) is 28.5 Å². The molecule has 0 amide bonds. The summed E-state index contributed by atoms with van der Waals surface area (Å²) in [5, 5.41) is 0. The molecule has 1 fully saturated rings. The summed E-state index contributed by atoms with van der Waals surface area (Å²) >= 11 is 0. The summed E-state index contributed by atoms with van der Waals surface area (Å²) in [5.74, 6) is 0.830. The van der Waals surface area contributed by atoms with E-state index < -0.39 is 0 Å². The molecular weight excluding hydrogens is 298 g/mol. The van der Waals surface area contributed by atoms with Gasteiger partial charge < -0.3 is 14.4 Å². The van der Waals surface area contributed by atoms with Crippen LogP contribution in [0.15, 0.2) is 42.6 Å². The van der Waals surface area contributed by atoms with E-state index >= 15 is 0 Å². The van der Waals surface area contributed by atoms with Crippen molar-refractivity contribution < 1.29 is 4.79 Å². The average molecular weight is 325 g/mol. The van der Waals surface area contributed by atoms with Crippen molar-refractivity contribution in [2.24, 2.45) is 13.0 Å². The molecule has 0 unspecified atom stereocenters. The molecule has 3 rings (SSSR count). The summed E-state index contributed by atoms with van der Waals surface area (Å²) in [7, 11) is 4.19. The third-order valence-corrected chi connectivity index (χ3v) is 4.92. The zero-order valence-corrected chi connectivity index (χ0v) is 14.9. The van der Waals surface area contributed by atoms with Crippen LogP contribution in [0.5, 0.6) is 0 Å². The average Bonchev–Trinajstić information content (AvgIpc) is 3.16. The highest BCUT2D eigenvalue weighted by Crippen LogP contribution is 2.24. The number of para-hydroxylation sites is 1. The van der Waals surface area contributed by atoms with Crippen molar-refractivity contribution in [3.63, 3.8) is 0 Å². The molecule has 0 N–H and O–H groups in total. The van der Waals surface area contributed by atoms with Crippen molar-refractivity contribution in [3.05, 3.63) is 53.9 Å². The number of benzene rings is 1.